The molecular weight excluding hydrogens is 326 g/mol. The average molecular weight is 350 g/mol. The Bertz CT molecular complexity index is 629. The molecule has 0 unspecified atom stereocenters. The molecular formula is C17H24BrN3. The molecule has 0 aliphatic rings. The number of aromatic nitrogens is 2. The fraction of sp³-hybridized carbons (Fsp3) is 0.471. The number of rotatable bonds is 5. The van der Waals surface area contributed by atoms with Gasteiger partial charge in [-0.3, -0.25) is 0 Å². The molecule has 1 N–H and O–H groups in total. The van der Waals surface area contributed by atoms with E-state index in [0.29, 0.717) is 5.92 Å². The molecule has 3 nitrogen and oxygen atoms in total. The smallest absolute Gasteiger partial charge is 0.0743 e. The quantitative estimate of drug-likeness (QED) is 0.871. The molecule has 21 heavy (non-hydrogen) atoms. The molecule has 0 amide bonds. The molecule has 0 saturated carbocycles. The predicted octanol–water partition coefficient (Wildman–Crippen LogP) is 4.31. The highest BCUT2D eigenvalue weighted by Crippen LogP contribution is 2.25. The van der Waals surface area contributed by atoms with Crippen LogP contribution in [0.15, 0.2) is 22.7 Å². The second kappa shape index (κ2) is 6.75. The van der Waals surface area contributed by atoms with Gasteiger partial charge >= 0.3 is 0 Å². The van der Waals surface area contributed by atoms with E-state index in [0.717, 1.165) is 34.6 Å². The monoisotopic (exact) mass is 349 g/mol. The Kier molecular flexibility index (Phi) is 5.22. The number of benzene rings is 1. The number of nitrogens with zero attached hydrogens (tertiary/aromatic N) is 2. The van der Waals surface area contributed by atoms with Gasteiger partial charge in [0.1, 0.15) is 0 Å². The summed E-state index contributed by atoms with van der Waals surface area (Å²) in [6, 6.07) is 6.55. The van der Waals surface area contributed by atoms with Crippen LogP contribution in [-0.4, -0.2) is 16.3 Å². The van der Waals surface area contributed by atoms with Gasteiger partial charge in [-0.15, -0.1) is 0 Å². The third kappa shape index (κ3) is 3.74. The van der Waals surface area contributed by atoms with Crippen molar-refractivity contribution in [1.82, 2.24) is 15.1 Å². The van der Waals surface area contributed by atoms with Crippen molar-refractivity contribution < 1.29 is 0 Å². The van der Waals surface area contributed by atoms with Gasteiger partial charge in [0.15, 0.2) is 0 Å². The summed E-state index contributed by atoms with van der Waals surface area (Å²) >= 11 is 3.61. The molecule has 0 aliphatic carbocycles. The molecule has 0 radical (unpaired) electrons. The van der Waals surface area contributed by atoms with E-state index in [1.54, 1.807) is 0 Å². The summed E-state index contributed by atoms with van der Waals surface area (Å²) < 4.78 is 3.12. The maximum atomic E-state index is 4.66. The zero-order chi connectivity index (χ0) is 15.6. The molecule has 0 atom stereocenters. The second-order valence-corrected chi connectivity index (χ2v) is 6.85. The van der Waals surface area contributed by atoms with Gasteiger partial charge in [0.05, 0.1) is 21.5 Å². The largest absolute Gasteiger partial charge is 0.312 e. The van der Waals surface area contributed by atoms with Crippen LogP contribution < -0.4 is 5.32 Å². The van der Waals surface area contributed by atoms with Crippen LogP contribution in [0.3, 0.4) is 0 Å². The fourth-order valence-corrected chi connectivity index (χ4v) is 2.66. The zero-order valence-electron chi connectivity index (χ0n) is 13.5. The summed E-state index contributed by atoms with van der Waals surface area (Å²) in [6.07, 6.45) is 0. The predicted molar refractivity (Wildman–Crippen MR) is 92.0 cm³/mol. The molecule has 1 heterocycles. The Balaban J connectivity index is 2.36. The number of hydrogen-bond acceptors (Lipinski definition) is 2. The Morgan fingerprint density at radius 1 is 1.24 bits per heavy atom. The molecule has 1 aromatic carbocycles. The van der Waals surface area contributed by atoms with Crippen LogP contribution in [0.5, 0.6) is 0 Å². The van der Waals surface area contributed by atoms with Crippen LogP contribution in [0.1, 0.15) is 36.4 Å². The first-order valence-electron chi connectivity index (χ1n) is 7.42. The van der Waals surface area contributed by atoms with Gasteiger partial charge in [0.25, 0.3) is 0 Å². The lowest BCUT2D eigenvalue weighted by molar-refractivity contribution is 0.551. The third-order valence-electron chi connectivity index (χ3n) is 3.53. The van der Waals surface area contributed by atoms with Crippen molar-refractivity contribution in [2.24, 2.45) is 5.92 Å². The van der Waals surface area contributed by atoms with E-state index in [4.69, 9.17) is 0 Å². The maximum Gasteiger partial charge on any atom is 0.0743 e. The van der Waals surface area contributed by atoms with Crippen molar-refractivity contribution in [1.29, 1.82) is 0 Å². The Morgan fingerprint density at radius 2 is 1.95 bits per heavy atom. The van der Waals surface area contributed by atoms with Crippen LogP contribution >= 0.6 is 15.9 Å². The molecule has 4 heteroatoms. The Morgan fingerprint density at radius 3 is 2.52 bits per heavy atom. The van der Waals surface area contributed by atoms with Gasteiger partial charge in [0, 0.05) is 6.54 Å². The molecule has 0 aliphatic heterocycles. The van der Waals surface area contributed by atoms with Gasteiger partial charge in [-0.25, -0.2) is 4.68 Å². The van der Waals surface area contributed by atoms with Crippen molar-refractivity contribution in [2.75, 3.05) is 6.54 Å². The van der Waals surface area contributed by atoms with Crippen molar-refractivity contribution in [3.05, 3.63) is 45.2 Å². The standard InChI is InChI=1S/C17H24BrN3/c1-11(2)9-19-10-15-8-12(3)6-7-16(15)21-14(5)17(18)13(4)20-21/h6-8,11,19H,9-10H2,1-5H3. The SMILES string of the molecule is Cc1ccc(-n2nc(C)c(Br)c2C)c(CNCC(C)C)c1. The normalized spacial score (nSPS) is 11.4. The van der Waals surface area contributed by atoms with E-state index in [2.05, 4.69) is 72.2 Å². The second-order valence-electron chi connectivity index (χ2n) is 6.05. The highest BCUT2D eigenvalue weighted by molar-refractivity contribution is 9.10. The molecule has 2 rings (SSSR count). The lowest BCUT2D eigenvalue weighted by Gasteiger charge is -2.14. The van der Waals surface area contributed by atoms with E-state index < -0.39 is 0 Å². The minimum absolute atomic E-state index is 0.654. The van der Waals surface area contributed by atoms with E-state index in [1.807, 2.05) is 11.6 Å². The fourth-order valence-electron chi connectivity index (χ4n) is 2.42. The van der Waals surface area contributed by atoms with Crippen LogP contribution in [0.4, 0.5) is 0 Å². The minimum atomic E-state index is 0.654. The first-order chi connectivity index (χ1) is 9.90. The van der Waals surface area contributed by atoms with Crippen LogP contribution in [0, 0.1) is 26.7 Å². The summed E-state index contributed by atoms with van der Waals surface area (Å²) in [5.41, 5.74) is 5.88. The average Bonchev–Trinajstić information content (AvgIpc) is 2.66. The lowest BCUT2D eigenvalue weighted by Crippen LogP contribution is -2.20. The van der Waals surface area contributed by atoms with Gasteiger partial charge in [-0.1, -0.05) is 31.5 Å². The van der Waals surface area contributed by atoms with Gasteiger partial charge in [0.2, 0.25) is 0 Å². The molecule has 0 fully saturated rings. The molecule has 0 saturated heterocycles. The third-order valence-corrected chi connectivity index (χ3v) is 4.68. The molecule has 0 spiro atoms. The summed E-state index contributed by atoms with van der Waals surface area (Å²) in [6.45, 7) is 12.6. The maximum absolute atomic E-state index is 4.66. The Hall–Kier alpha value is -1.13. The summed E-state index contributed by atoms with van der Waals surface area (Å²) in [5.74, 6) is 0.654. The van der Waals surface area contributed by atoms with Crippen molar-refractivity contribution in [3.63, 3.8) is 0 Å². The topological polar surface area (TPSA) is 29.9 Å². The van der Waals surface area contributed by atoms with E-state index in [-0.39, 0.29) is 0 Å². The van der Waals surface area contributed by atoms with Crippen LogP contribution in [0.2, 0.25) is 0 Å². The van der Waals surface area contributed by atoms with Gasteiger partial charge < -0.3 is 5.32 Å². The zero-order valence-corrected chi connectivity index (χ0v) is 15.1. The number of nitrogens with one attached hydrogen (secondary N) is 1. The molecule has 2 aromatic rings. The van der Waals surface area contributed by atoms with Crippen molar-refractivity contribution in [3.8, 4) is 5.69 Å². The molecule has 0 bridgehead atoms. The van der Waals surface area contributed by atoms with Crippen molar-refractivity contribution in [2.45, 2.75) is 41.2 Å². The van der Waals surface area contributed by atoms with Gasteiger partial charge in [-0.05, 0) is 60.8 Å². The van der Waals surface area contributed by atoms with Crippen LogP contribution in [-0.2, 0) is 6.54 Å². The van der Waals surface area contributed by atoms with Gasteiger partial charge in [-0.2, -0.15) is 5.10 Å². The van der Waals surface area contributed by atoms with E-state index in [9.17, 15) is 0 Å². The lowest BCUT2D eigenvalue weighted by atomic mass is 10.1. The highest BCUT2D eigenvalue weighted by Gasteiger charge is 2.13. The van der Waals surface area contributed by atoms with Crippen LogP contribution in [0.25, 0.3) is 5.69 Å². The summed E-state index contributed by atoms with van der Waals surface area (Å²) in [4.78, 5) is 0. The molecule has 1 aromatic heterocycles. The van der Waals surface area contributed by atoms with Crippen molar-refractivity contribution >= 4 is 15.9 Å². The Labute approximate surface area is 135 Å². The highest BCUT2D eigenvalue weighted by atomic mass is 79.9. The van der Waals surface area contributed by atoms with E-state index >= 15 is 0 Å². The first-order valence-corrected chi connectivity index (χ1v) is 8.21. The summed E-state index contributed by atoms with van der Waals surface area (Å²) in [5, 5.41) is 8.18. The molecule has 114 valence electrons. The van der Waals surface area contributed by atoms with E-state index in [1.165, 1.54) is 11.1 Å². The minimum Gasteiger partial charge on any atom is -0.312 e. The number of halogens is 1. The first kappa shape index (κ1) is 16.2. The number of hydrogen-bond donors (Lipinski definition) is 1. The number of aryl methyl sites for hydroxylation is 2. The summed E-state index contributed by atoms with van der Waals surface area (Å²) in [7, 11) is 0.